The van der Waals surface area contributed by atoms with E-state index in [1.807, 2.05) is 0 Å². The van der Waals surface area contributed by atoms with Gasteiger partial charge in [0.15, 0.2) is 0 Å². The number of amides is 2. The van der Waals surface area contributed by atoms with Gasteiger partial charge in [-0.25, -0.2) is 4.68 Å². The zero-order valence-corrected chi connectivity index (χ0v) is 17.0. The van der Waals surface area contributed by atoms with Crippen molar-refractivity contribution in [3.8, 4) is 5.69 Å². The van der Waals surface area contributed by atoms with Crippen LogP contribution in [0.15, 0.2) is 65.3 Å². The number of hydrogen-bond donors (Lipinski definition) is 2. The molecule has 0 radical (unpaired) electrons. The lowest BCUT2D eigenvalue weighted by Gasteiger charge is -2.11. The monoisotopic (exact) mass is 480 g/mol. The Morgan fingerprint density at radius 1 is 1.00 bits per heavy atom. The van der Waals surface area contributed by atoms with Gasteiger partial charge in [-0.2, -0.15) is 18.3 Å². The lowest BCUT2D eigenvalue weighted by Crippen LogP contribution is -2.27. The van der Waals surface area contributed by atoms with Gasteiger partial charge in [0, 0.05) is 28.7 Å². The van der Waals surface area contributed by atoms with E-state index in [1.54, 1.807) is 24.3 Å². The molecule has 0 bridgehead atoms. The van der Waals surface area contributed by atoms with Crippen molar-refractivity contribution in [2.75, 3.05) is 11.9 Å². The van der Waals surface area contributed by atoms with Crippen molar-refractivity contribution < 1.29 is 22.8 Å². The Bertz CT molecular complexity index is 1030. The molecule has 30 heavy (non-hydrogen) atoms. The van der Waals surface area contributed by atoms with Crippen LogP contribution in [0.25, 0.3) is 5.69 Å². The number of rotatable bonds is 6. The highest BCUT2D eigenvalue weighted by Gasteiger charge is 2.35. The summed E-state index contributed by atoms with van der Waals surface area (Å²) < 4.78 is 40.5. The topological polar surface area (TPSA) is 76.0 Å². The summed E-state index contributed by atoms with van der Waals surface area (Å²) >= 11 is 3.29. The van der Waals surface area contributed by atoms with Crippen LogP contribution in [0.5, 0.6) is 0 Å². The molecule has 0 saturated heterocycles. The van der Waals surface area contributed by atoms with Crippen LogP contribution in [0, 0.1) is 0 Å². The van der Waals surface area contributed by atoms with Crippen LogP contribution in [-0.4, -0.2) is 28.1 Å². The van der Waals surface area contributed by atoms with Crippen LogP contribution in [0.4, 0.5) is 18.9 Å². The van der Waals surface area contributed by atoms with Crippen molar-refractivity contribution in [2.24, 2.45) is 0 Å². The number of carbonyl (C=O) groups is 2. The molecule has 0 aliphatic rings. The van der Waals surface area contributed by atoms with E-state index in [2.05, 4.69) is 31.7 Å². The zero-order chi connectivity index (χ0) is 21.7. The van der Waals surface area contributed by atoms with Crippen molar-refractivity contribution in [3.05, 3.63) is 76.5 Å². The Labute approximate surface area is 178 Å². The van der Waals surface area contributed by atoms with Gasteiger partial charge < -0.3 is 10.6 Å². The highest BCUT2D eigenvalue weighted by molar-refractivity contribution is 9.10. The molecule has 2 aromatic carbocycles. The van der Waals surface area contributed by atoms with E-state index in [1.165, 1.54) is 24.3 Å². The van der Waals surface area contributed by atoms with Gasteiger partial charge in [0.05, 0.1) is 11.9 Å². The molecule has 0 fully saturated rings. The number of halogens is 4. The van der Waals surface area contributed by atoms with Crippen LogP contribution >= 0.6 is 15.9 Å². The maximum atomic E-state index is 13.0. The molecular formula is C20H16BrF3N4O2. The number of anilines is 1. The van der Waals surface area contributed by atoms with Crippen molar-refractivity contribution in [3.63, 3.8) is 0 Å². The third-order valence-corrected chi connectivity index (χ3v) is 4.60. The highest BCUT2D eigenvalue weighted by Crippen LogP contribution is 2.30. The summed E-state index contributed by atoms with van der Waals surface area (Å²) in [6.07, 6.45) is -3.41. The number of nitrogens with zero attached hydrogens (tertiary/aromatic N) is 2. The smallest absolute Gasteiger partial charge is 0.352 e. The molecule has 3 aromatic rings. The Morgan fingerprint density at radius 2 is 1.67 bits per heavy atom. The van der Waals surface area contributed by atoms with Gasteiger partial charge in [-0.05, 0) is 54.6 Å². The summed E-state index contributed by atoms with van der Waals surface area (Å²) in [6, 6.07) is 13.5. The van der Waals surface area contributed by atoms with Gasteiger partial charge in [0.2, 0.25) is 5.91 Å². The number of nitrogens with one attached hydrogen (secondary N) is 2. The van der Waals surface area contributed by atoms with Gasteiger partial charge in [-0.1, -0.05) is 15.9 Å². The average Bonchev–Trinajstić information content (AvgIpc) is 3.19. The minimum atomic E-state index is -4.52. The molecule has 0 aliphatic heterocycles. The molecule has 0 aliphatic carbocycles. The van der Waals surface area contributed by atoms with Gasteiger partial charge >= 0.3 is 6.18 Å². The van der Waals surface area contributed by atoms with E-state index in [9.17, 15) is 22.8 Å². The summed E-state index contributed by atoms with van der Waals surface area (Å²) in [5.74, 6) is -0.631. The predicted octanol–water partition coefficient (Wildman–Crippen LogP) is 4.41. The Balaban J connectivity index is 1.52. The minimum Gasteiger partial charge on any atom is -0.352 e. The first kappa shape index (κ1) is 21.6. The third kappa shape index (κ3) is 5.47. The largest absolute Gasteiger partial charge is 0.433 e. The van der Waals surface area contributed by atoms with Gasteiger partial charge in [-0.15, -0.1) is 0 Å². The van der Waals surface area contributed by atoms with E-state index in [4.69, 9.17) is 0 Å². The van der Waals surface area contributed by atoms with Crippen LogP contribution in [0.2, 0.25) is 0 Å². The lowest BCUT2D eigenvalue weighted by molar-refractivity contribution is -0.142. The molecule has 3 rings (SSSR count). The van der Waals surface area contributed by atoms with Crippen molar-refractivity contribution in [2.45, 2.75) is 12.6 Å². The summed E-state index contributed by atoms with van der Waals surface area (Å²) in [5.41, 5.74) is 0.225. The number of aromatic nitrogens is 2. The number of carbonyl (C=O) groups excluding carboxylic acids is 2. The number of hydrogen-bond acceptors (Lipinski definition) is 3. The number of benzene rings is 2. The van der Waals surface area contributed by atoms with Crippen LogP contribution in [0.1, 0.15) is 22.5 Å². The van der Waals surface area contributed by atoms with E-state index in [0.29, 0.717) is 11.3 Å². The highest BCUT2D eigenvalue weighted by atomic mass is 79.9. The van der Waals surface area contributed by atoms with E-state index < -0.39 is 11.9 Å². The van der Waals surface area contributed by atoms with E-state index in [0.717, 1.165) is 21.4 Å². The van der Waals surface area contributed by atoms with E-state index in [-0.39, 0.29) is 30.5 Å². The fraction of sp³-hybridized carbons (Fsp3) is 0.150. The molecule has 156 valence electrons. The van der Waals surface area contributed by atoms with Crippen molar-refractivity contribution in [1.82, 2.24) is 15.1 Å². The second-order valence-corrected chi connectivity index (χ2v) is 7.15. The molecule has 1 aromatic heterocycles. The molecule has 10 heteroatoms. The lowest BCUT2D eigenvalue weighted by atomic mass is 10.2. The third-order valence-electron chi connectivity index (χ3n) is 4.07. The minimum absolute atomic E-state index is 0.0431. The second kappa shape index (κ2) is 9.12. The molecule has 6 nitrogen and oxygen atoms in total. The fourth-order valence-electron chi connectivity index (χ4n) is 2.63. The molecule has 0 unspecified atom stereocenters. The van der Waals surface area contributed by atoms with Crippen LogP contribution in [-0.2, 0) is 11.0 Å². The normalized spacial score (nSPS) is 11.2. The molecule has 0 saturated carbocycles. The molecular weight excluding hydrogens is 465 g/mol. The molecule has 0 spiro atoms. The standard InChI is InChI=1S/C20H16BrF3N4O2/c21-14-3-1-13(2-4-14)19(30)25-11-10-18(29)27-15-5-7-16(8-6-15)28-17(9-12-26-28)20(22,23)24/h1-9,12H,10-11H2,(H,25,30)(H,27,29). The predicted molar refractivity (Wildman–Crippen MR) is 108 cm³/mol. The van der Waals surface area contributed by atoms with Gasteiger partial charge in [-0.3, -0.25) is 9.59 Å². The molecule has 2 N–H and O–H groups in total. The Hall–Kier alpha value is -3.14. The second-order valence-electron chi connectivity index (χ2n) is 6.23. The quantitative estimate of drug-likeness (QED) is 0.548. The summed E-state index contributed by atoms with van der Waals surface area (Å²) in [6.45, 7) is 0.140. The van der Waals surface area contributed by atoms with Crippen molar-refractivity contribution >= 4 is 33.4 Å². The molecule has 1 heterocycles. The SMILES string of the molecule is O=C(CCNC(=O)c1ccc(Br)cc1)Nc1ccc(-n2nccc2C(F)(F)F)cc1. The summed E-state index contributed by atoms with van der Waals surface area (Å²) in [7, 11) is 0. The van der Waals surface area contributed by atoms with Gasteiger partial charge in [0.25, 0.3) is 5.91 Å². The molecule has 2 amide bonds. The van der Waals surface area contributed by atoms with Crippen LogP contribution < -0.4 is 10.6 Å². The van der Waals surface area contributed by atoms with Gasteiger partial charge in [0.1, 0.15) is 5.69 Å². The Morgan fingerprint density at radius 3 is 2.30 bits per heavy atom. The van der Waals surface area contributed by atoms with E-state index >= 15 is 0 Å². The first-order chi connectivity index (χ1) is 14.2. The zero-order valence-electron chi connectivity index (χ0n) is 15.4. The van der Waals surface area contributed by atoms with Crippen LogP contribution in [0.3, 0.4) is 0 Å². The maximum absolute atomic E-state index is 13.0. The number of alkyl halides is 3. The maximum Gasteiger partial charge on any atom is 0.433 e. The first-order valence-electron chi connectivity index (χ1n) is 8.79. The average molecular weight is 481 g/mol. The van der Waals surface area contributed by atoms with Crippen molar-refractivity contribution in [1.29, 1.82) is 0 Å². The Kier molecular flexibility index (Phi) is 6.56. The molecule has 0 atom stereocenters. The fourth-order valence-corrected chi connectivity index (χ4v) is 2.89. The first-order valence-corrected chi connectivity index (χ1v) is 9.58. The summed E-state index contributed by atoms with van der Waals surface area (Å²) in [4.78, 5) is 24.0. The summed E-state index contributed by atoms with van der Waals surface area (Å²) in [5, 5.41) is 8.98.